The Morgan fingerprint density at radius 2 is 1.71 bits per heavy atom. The van der Waals surface area contributed by atoms with Gasteiger partial charge in [-0.2, -0.15) is 13.2 Å². The second-order valence-electron chi connectivity index (χ2n) is 7.78. The van der Waals surface area contributed by atoms with E-state index in [0.717, 1.165) is 12.1 Å². The predicted molar refractivity (Wildman–Crippen MR) is 118 cm³/mol. The molecule has 1 heterocycles. The Labute approximate surface area is 196 Å². The minimum atomic E-state index is -4.68. The summed E-state index contributed by atoms with van der Waals surface area (Å²) in [5.41, 5.74) is -1.30. The van der Waals surface area contributed by atoms with E-state index in [0.29, 0.717) is 23.2 Å². The van der Waals surface area contributed by atoms with Crippen molar-refractivity contribution in [1.82, 2.24) is 4.90 Å². The first-order chi connectivity index (χ1) is 16.0. The molecule has 2 aromatic rings. The molecule has 1 aliphatic heterocycles. The van der Waals surface area contributed by atoms with E-state index >= 15 is 0 Å². The summed E-state index contributed by atoms with van der Waals surface area (Å²) in [6, 6.07) is 11.1. The van der Waals surface area contributed by atoms with E-state index < -0.39 is 34.2 Å². The Morgan fingerprint density at radius 3 is 2.29 bits per heavy atom. The summed E-state index contributed by atoms with van der Waals surface area (Å²) >= 11 is 0. The van der Waals surface area contributed by atoms with Crippen LogP contribution in [0.15, 0.2) is 59.5 Å². The Morgan fingerprint density at radius 1 is 1.06 bits per heavy atom. The molecule has 0 bridgehead atoms. The maximum Gasteiger partial charge on any atom is 0.416 e. The molecule has 2 aromatic carbocycles. The number of nitrogens with zero attached hydrogens (tertiary/aromatic N) is 2. The number of likely N-dealkylation sites (tertiary alicyclic amines) is 1. The van der Waals surface area contributed by atoms with Gasteiger partial charge in [-0.15, -0.1) is 0 Å². The predicted octanol–water partition coefficient (Wildman–Crippen LogP) is 3.70. The van der Waals surface area contributed by atoms with Crippen LogP contribution in [0.5, 0.6) is 0 Å². The number of piperidine rings is 1. The minimum Gasteiger partial charge on any atom is -0.466 e. The third-order valence-electron chi connectivity index (χ3n) is 5.54. The van der Waals surface area contributed by atoms with Crippen LogP contribution in [-0.2, 0) is 30.5 Å². The molecule has 7 nitrogen and oxygen atoms in total. The first-order valence-corrected chi connectivity index (χ1v) is 12.2. The van der Waals surface area contributed by atoms with Crippen molar-refractivity contribution in [3.8, 4) is 0 Å². The molecular formula is C23H25F3N2O5S. The first kappa shape index (κ1) is 25.5. The molecule has 0 aliphatic carbocycles. The second-order valence-corrected chi connectivity index (χ2v) is 9.64. The number of rotatable bonds is 7. The van der Waals surface area contributed by atoms with Gasteiger partial charge in [0.05, 0.1) is 28.7 Å². The summed E-state index contributed by atoms with van der Waals surface area (Å²) < 4.78 is 72.2. The van der Waals surface area contributed by atoms with E-state index in [4.69, 9.17) is 4.74 Å². The van der Waals surface area contributed by atoms with E-state index in [2.05, 4.69) is 0 Å². The Kier molecular flexibility index (Phi) is 7.86. The number of carbonyl (C=O) groups excluding carboxylic acids is 2. The molecule has 11 heteroatoms. The van der Waals surface area contributed by atoms with Crippen molar-refractivity contribution < 1.29 is 35.9 Å². The highest BCUT2D eigenvalue weighted by atomic mass is 32.2. The quantitative estimate of drug-likeness (QED) is 0.544. The monoisotopic (exact) mass is 498 g/mol. The van der Waals surface area contributed by atoms with Crippen molar-refractivity contribution in [1.29, 1.82) is 0 Å². The van der Waals surface area contributed by atoms with E-state index in [1.54, 1.807) is 13.0 Å². The Balaban J connectivity index is 1.87. The van der Waals surface area contributed by atoms with E-state index in [1.807, 2.05) is 0 Å². The fourth-order valence-corrected chi connectivity index (χ4v) is 5.15. The number of esters is 1. The van der Waals surface area contributed by atoms with Crippen molar-refractivity contribution in [3.63, 3.8) is 0 Å². The molecule has 0 atom stereocenters. The van der Waals surface area contributed by atoms with Crippen LogP contribution < -0.4 is 4.31 Å². The molecule has 1 aliphatic rings. The molecule has 1 fully saturated rings. The second kappa shape index (κ2) is 10.5. The number of hydrogen-bond acceptors (Lipinski definition) is 5. The lowest BCUT2D eigenvalue weighted by Gasteiger charge is -2.33. The summed E-state index contributed by atoms with van der Waals surface area (Å²) in [5, 5.41) is 0. The molecule has 0 unspecified atom stereocenters. The lowest BCUT2D eigenvalue weighted by Crippen LogP contribution is -2.46. The molecule has 0 aromatic heterocycles. The van der Waals surface area contributed by atoms with E-state index in [-0.39, 0.29) is 42.2 Å². The average molecular weight is 499 g/mol. The fourth-order valence-electron chi connectivity index (χ4n) is 3.72. The van der Waals surface area contributed by atoms with Gasteiger partial charge in [0.2, 0.25) is 5.91 Å². The van der Waals surface area contributed by atoms with Crippen LogP contribution in [-0.4, -0.2) is 51.4 Å². The molecule has 1 amide bonds. The minimum absolute atomic E-state index is 0.152. The molecule has 3 rings (SSSR count). The highest BCUT2D eigenvalue weighted by molar-refractivity contribution is 7.92. The van der Waals surface area contributed by atoms with E-state index in [1.165, 1.54) is 35.2 Å². The molecule has 0 radical (unpaired) electrons. The van der Waals surface area contributed by atoms with Crippen molar-refractivity contribution in [2.45, 2.75) is 30.8 Å². The van der Waals surface area contributed by atoms with Gasteiger partial charge in [-0.05, 0) is 50.1 Å². The number of ether oxygens (including phenoxy) is 1. The van der Waals surface area contributed by atoms with Gasteiger partial charge in [-0.1, -0.05) is 24.3 Å². The number of hydrogen-bond donors (Lipinski definition) is 0. The highest BCUT2D eigenvalue weighted by Gasteiger charge is 2.35. The van der Waals surface area contributed by atoms with E-state index in [9.17, 15) is 31.2 Å². The van der Waals surface area contributed by atoms with Gasteiger partial charge in [-0.3, -0.25) is 13.9 Å². The summed E-state index contributed by atoms with van der Waals surface area (Å²) in [6.07, 6.45) is -3.96. The van der Waals surface area contributed by atoms with Crippen LogP contribution in [0.3, 0.4) is 0 Å². The van der Waals surface area contributed by atoms with Gasteiger partial charge in [0.15, 0.2) is 0 Å². The van der Waals surface area contributed by atoms with Crippen LogP contribution in [0.2, 0.25) is 0 Å². The highest BCUT2D eigenvalue weighted by Crippen LogP contribution is 2.33. The van der Waals surface area contributed by atoms with Gasteiger partial charge in [0.25, 0.3) is 10.0 Å². The van der Waals surface area contributed by atoms with Crippen LogP contribution in [0, 0.1) is 5.92 Å². The number of halogens is 3. The number of amides is 1. The zero-order valence-corrected chi connectivity index (χ0v) is 19.3. The smallest absolute Gasteiger partial charge is 0.416 e. The zero-order chi connectivity index (χ0) is 24.9. The number of sulfonamides is 1. The average Bonchev–Trinajstić information content (AvgIpc) is 2.82. The Hall–Kier alpha value is -3.08. The first-order valence-electron chi connectivity index (χ1n) is 10.7. The summed E-state index contributed by atoms with van der Waals surface area (Å²) in [7, 11) is -4.34. The van der Waals surface area contributed by atoms with Crippen molar-refractivity contribution in [2.75, 3.05) is 30.5 Å². The van der Waals surface area contributed by atoms with Gasteiger partial charge in [0.1, 0.15) is 6.54 Å². The standard InChI is InChI=1S/C23H25F3N2O5S/c1-2-33-22(30)17-11-13-27(14-12-17)21(29)16-28(34(31,32)20-9-4-3-5-10-20)19-8-6-7-18(15-19)23(24,25)26/h3-10,15,17H,2,11-14,16H2,1H3. The SMILES string of the molecule is CCOC(=O)C1CCN(C(=O)CN(c2cccc(C(F)(F)F)c2)S(=O)(=O)c2ccccc2)CC1. The molecule has 0 N–H and O–H groups in total. The summed E-state index contributed by atoms with van der Waals surface area (Å²) in [5.74, 6) is -1.26. The zero-order valence-electron chi connectivity index (χ0n) is 18.5. The Bertz CT molecular complexity index is 1110. The number of anilines is 1. The maximum absolute atomic E-state index is 13.3. The molecule has 34 heavy (non-hydrogen) atoms. The van der Waals surface area contributed by atoms with Crippen molar-refractivity contribution >= 4 is 27.6 Å². The lowest BCUT2D eigenvalue weighted by molar-refractivity contribution is -0.151. The maximum atomic E-state index is 13.3. The van der Waals surface area contributed by atoms with Crippen molar-refractivity contribution in [2.24, 2.45) is 5.92 Å². The van der Waals surface area contributed by atoms with Crippen LogP contribution in [0.1, 0.15) is 25.3 Å². The molecular weight excluding hydrogens is 473 g/mol. The van der Waals surface area contributed by atoms with Gasteiger partial charge in [0, 0.05) is 13.1 Å². The van der Waals surface area contributed by atoms with Gasteiger partial charge in [-0.25, -0.2) is 8.42 Å². The summed E-state index contributed by atoms with van der Waals surface area (Å²) in [4.78, 5) is 26.2. The molecule has 1 saturated heterocycles. The largest absolute Gasteiger partial charge is 0.466 e. The topological polar surface area (TPSA) is 84.0 Å². The van der Waals surface area contributed by atoms with Crippen LogP contribution >= 0.6 is 0 Å². The lowest BCUT2D eigenvalue weighted by atomic mass is 9.97. The molecule has 184 valence electrons. The van der Waals surface area contributed by atoms with Crippen LogP contribution in [0.25, 0.3) is 0 Å². The number of benzene rings is 2. The number of alkyl halides is 3. The van der Waals surface area contributed by atoms with Crippen molar-refractivity contribution in [3.05, 3.63) is 60.2 Å². The van der Waals surface area contributed by atoms with Gasteiger partial charge < -0.3 is 9.64 Å². The third kappa shape index (κ3) is 5.88. The summed E-state index contributed by atoms with van der Waals surface area (Å²) in [6.45, 7) is 1.70. The van der Waals surface area contributed by atoms with Crippen LogP contribution in [0.4, 0.5) is 18.9 Å². The fraction of sp³-hybridized carbons (Fsp3) is 0.391. The normalized spacial score (nSPS) is 15.1. The molecule has 0 spiro atoms. The molecule has 0 saturated carbocycles. The number of carbonyl (C=O) groups is 2. The third-order valence-corrected chi connectivity index (χ3v) is 7.33. The van der Waals surface area contributed by atoms with Gasteiger partial charge >= 0.3 is 12.1 Å².